The molecule has 1 heterocycles. The second-order valence-corrected chi connectivity index (χ2v) is 7.72. The first-order valence-electron chi connectivity index (χ1n) is 8.14. The molecule has 2 aliphatic carbocycles. The van der Waals surface area contributed by atoms with Crippen molar-refractivity contribution in [2.75, 3.05) is 6.61 Å². The van der Waals surface area contributed by atoms with E-state index < -0.39 is 0 Å². The quantitative estimate of drug-likeness (QED) is 0.846. The largest absolute Gasteiger partial charge is 0.375 e. The van der Waals surface area contributed by atoms with E-state index >= 15 is 0 Å². The molecule has 0 aromatic carbocycles. The SMILES string of the molecule is CC(C)(C)OC[C@H]1C[C@@H](N)[C@@H]2OC3(CCCCC3)O[C@H]12. The van der Waals surface area contributed by atoms with Crippen LogP contribution in [-0.2, 0) is 14.2 Å². The van der Waals surface area contributed by atoms with Crippen LogP contribution in [0.15, 0.2) is 0 Å². The number of rotatable bonds is 2. The highest BCUT2D eigenvalue weighted by atomic mass is 16.8. The summed E-state index contributed by atoms with van der Waals surface area (Å²) in [4.78, 5) is 0. The fourth-order valence-electron chi connectivity index (χ4n) is 3.82. The highest BCUT2D eigenvalue weighted by Crippen LogP contribution is 2.47. The molecule has 0 aromatic heterocycles. The number of ether oxygens (including phenoxy) is 3. The van der Waals surface area contributed by atoms with Crippen LogP contribution in [-0.4, -0.2) is 36.2 Å². The first-order valence-corrected chi connectivity index (χ1v) is 8.14. The Balaban J connectivity index is 1.65. The maximum atomic E-state index is 6.38. The summed E-state index contributed by atoms with van der Waals surface area (Å²) in [7, 11) is 0. The van der Waals surface area contributed by atoms with Gasteiger partial charge in [-0.05, 0) is 40.0 Å². The van der Waals surface area contributed by atoms with Crippen molar-refractivity contribution in [3.05, 3.63) is 0 Å². The lowest BCUT2D eigenvalue weighted by Crippen LogP contribution is -2.38. The predicted octanol–water partition coefficient (Wildman–Crippen LogP) is 2.59. The summed E-state index contributed by atoms with van der Waals surface area (Å²) in [6.45, 7) is 6.99. The molecule has 0 radical (unpaired) electrons. The van der Waals surface area contributed by atoms with Crippen LogP contribution >= 0.6 is 0 Å². The summed E-state index contributed by atoms with van der Waals surface area (Å²) in [6.07, 6.45) is 6.91. The van der Waals surface area contributed by atoms with E-state index in [1.165, 1.54) is 19.3 Å². The van der Waals surface area contributed by atoms with Crippen molar-refractivity contribution in [1.82, 2.24) is 0 Å². The lowest BCUT2D eigenvalue weighted by molar-refractivity contribution is -0.205. The van der Waals surface area contributed by atoms with Crippen LogP contribution in [0.4, 0.5) is 0 Å². The van der Waals surface area contributed by atoms with Gasteiger partial charge in [-0.1, -0.05) is 6.42 Å². The molecule has 116 valence electrons. The lowest BCUT2D eigenvalue weighted by Gasteiger charge is -2.34. The topological polar surface area (TPSA) is 53.7 Å². The highest BCUT2D eigenvalue weighted by molar-refractivity contribution is 5.02. The van der Waals surface area contributed by atoms with Crippen molar-refractivity contribution in [2.45, 2.75) is 88.9 Å². The molecule has 3 fully saturated rings. The zero-order valence-corrected chi connectivity index (χ0v) is 13.1. The van der Waals surface area contributed by atoms with E-state index in [0.29, 0.717) is 5.92 Å². The number of hydrogen-bond donors (Lipinski definition) is 1. The Bertz CT molecular complexity index is 346. The monoisotopic (exact) mass is 283 g/mol. The minimum absolute atomic E-state index is 0.0710. The molecule has 0 amide bonds. The number of nitrogens with two attached hydrogens (primary N) is 1. The summed E-state index contributed by atoms with van der Waals surface area (Å²) in [6, 6.07) is 0.0925. The zero-order valence-electron chi connectivity index (χ0n) is 13.1. The van der Waals surface area contributed by atoms with Gasteiger partial charge in [0.15, 0.2) is 5.79 Å². The third-order valence-electron chi connectivity index (χ3n) is 4.83. The first kappa shape index (κ1) is 14.8. The summed E-state index contributed by atoms with van der Waals surface area (Å²) < 4.78 is 18.6. The van der Waals surface area contributed by atoms with Crippen LogP contribution in [0.5, 0.6) is 0 Å². The zero-order chi connectivity index (χ0) is 14.4. The normalized spacial score (nSPS) is 40.2. The Kier molecular flexibility index (Phi) is 3.87. The highest BCUT2D eigenvalue weighted by Gasteiger charge is 2.56. The molecule has 4 heteroatoms. The summed E-state index contributed by atoms with van der Waals surface area (Å²) in [5, 5.41) is 0. The lowest BCUT2D eigenvalue weighted by atomic mass is 9.94. The first-order chi connectivity index (χ1) is 9.39. The molecule has 1 saturated heterocycles. The second kappa shape index (κ2) is 5.24. The molecule has 0 unspecified atom stereocenters. The minimum Gasteiger partial charge on any atom is -0.375 e. The van der Waals surface area contributed by atoms with Gasteiger partial charge in [-0.25, -0.2) is 0 Å². The van der Waals surface area contributed by atoms with Gasteiger partial charge in [-0.2, -0.15) is 0 Å². The van der Waals surface area contributed by atoms with Crippen molar-refractivity contribution in [3.63, 3.8) is 0 Å². The van der Waals surface area contributed by atoms with Crippen molar-refractivity contribution in [3.8, 4) is 0 Å². The van der Waals surface area contributed by atoms with Gasteiger partial charge in [0.1, 0.15) is 6.10 Å². The molecule has 2 N–H and O–H groups in total. The average Bonchev–Trinajstić information content (AvgIpc) is 2.85. The molecular weight excluding hydrogens is 254 g/mol. The van der Waals surface area contributed by atoms with Gasteiger partial charge in [0.2, 0.25) is 0 Å². The van der Waals surface area contributed by atoms with E-state index in [1.807, 2.05) is 0 Å². The minimum atomic E-state index is -0.328. The summed E-state index contributed by atoms with van der Waals surface area (Å²) in [5.74, 6) is 0.0431. The average molecular weight is 283 g/mol. The Labute approximate surface area is 122 Å². The maximum absolute atomic E-state index is 6.38. The molecule has 1 aliphatic heterocycles. The maximum Gasteiger partial charge on any atom is 0.169 e. The van der Waals surface area contributed by atoms with E-state index in [-0.39, 0.29) is 29.6 Å². The molecule has 3 rings (SSSR count). The second-order valence-electron chi connectivity index (χ2n) is 7.72. The van der Waals surface area contributed by atoms with Crippen LogP contribution in [0.1, 0.15) is 59.3 Å². The van der Waals surface area contributed by atoms with Crippen molar-refractivity contribution in [1.29, 1.82) is 0 Å². The van der Waals surface area contributed by atoms with Gasteiger partial charge in [0.25, 0.3) is 0 Å². The fourth-order valence-corrected chi connectivity index (χ4v) is 3.82. The van der Waals surface area contributed by atoms with Gasteiger partial charge in [0, 0.05) is 24.8 Å². The molecule has 2 saturated carbocycles. The van der Waals surface area contributed by atoms with Crippen LogP contribution in [0, 0.1) is 5.92 Å². The smallest absolute Gasteiger partial charge is 0.169 e. The van der Waals surface area contributed by atoms with Gasteiger partial charge in [-0.15, -0.1) is 0 Å². The predicted molar refractivity (Wildman–Crippen MR) is 77.3 cm³/mol. The van der Waals surface area contributed by atoms with E-state index in [4.69, 9.17) is 19.9 Å². The van der Waals surface area contributed by atoms with Gasteiger partial charge >= 0.3 is 0 Å². The van der Waals surface area contributed by atoms with E-state index in [0.717, 1.165) is 25.9 Å². The van der Waals surface area contributed by atoms with Gasteiger partial charge < -0.3 is 19.9 Å². The third kappa shape index (κ3) is 2.89. The summed E-state index contributed by atoms with van der Waals surface area (Å²) >= 11 is 0. The van der Waals surface area contributed by atoms with Gasteiger partial charge in [-0.3, -0.25) is 0 Å². The molecular formula is C16H29NO3. The molecule has 4 atom stereocenters. The fraction of sp³-hybridized carbons (Fsp3) is 1.00. The van der Waals surface area contributed by atoms with Crippen molar-refractivity contribution >= 4 is 0 Å². The van der Waals surface area contributed by atoms with E-state index in [9.17, 15) is 0 Å². The van der Waals surface area contributed by atoms with Gasteiger partial charge in [0.05, 0.1) is 18.3 Å². The molecule has 0 bridgehead atoms. The molecule has 1 spiro atoms. The van der Waals surface area contributed by atoms with E-state index in [1.54, 1.807) is 0 Å². The third-order valence-corrected chi connectivity index (χ3v) is 4.83. The molecule has 4 nitrogen and oxygen atoms in total. The summed E-state index contributed by atoms with van der Waals surface area (Å²) in [5.41, 5.74) is 6.17. The Morgan fingerprint density at radius 2 is 1.75 bits per heavy atom. The molecule has 0 aromatic rings. The number of hydrogen-bond acceptors (Lipinski definition) is 4. The molecule has 20 heavy (non-hydrogen) atoms. The van der Waals surface area contributed by atoms with Crippen molar-refractivity contribution < 1.29 is 14.2 Å². The van der Waals surface area contributed by atoms with Crippen molar-refractivity contribution in [2.24, 2.45) is 11.7 Å². The van der Waals surface area contributed by atoms with Crippen LogP contribution in [0.25, 0.3) is 0 Å². The standard InChI is InChI=1S/C16H29NO3/c1-15(2,3)18-10-11-9-12(17)14-13(11)19-16(20-14)7-5-4-6-8-16/h11-14H,4-10,17H2,1-3H3/t11-,12-,13-,14+/m1/s1. The van der Waals surface area contributed by atoms with Crippen LogP contribution in [0.3, 0.4) is 0 Å². The molecule has 3 aliphatic rings. The number of fused-ring (bicyclic) bond motifs is 1. The Hall–Kier alpha value is -0.160. The Morgan fingerprint density at radius 3 is 2.40 bits per heavy atom. The van der Waals surface area contributed by atoms with Crippen LogP contribution < -0.4 is 5.73 Å². The van der Waals surface area contributed by atoms with Crippen LogP contribution in [0.2, 0.25) is 0 Å². The van der Waals surface area contributed by atoms with E-state index in [2.05, 4.69) is 20.8 Å². The Morgan fingerprint density at radius 1 is 1.10 bits per heavy atom.